The van der Waals surface area contributed by atoms with Gasteiger partial charge in [-0.05, 0) is 44.6 Å². The van der Waals surface area contributed by atoms with Gasteiger partial charge in [0.15, 0.2) is 17.5 Å². The summed E-state index contributed by atoms with van der Waals surface area (Å²) in [6.45, 7) is 9.82. The lowest BCUT2D eigenvalue weighted by molar-refractivity contribution is 0.297. The van der Waals surface area contributed by atoms with E-state index in [-0.39, 0.29) is 0 Å². The average Bonchev–Trinajstić information content (AvgIpc) is 2.83. The molecule has 0 aromatic heterocycles. The van der Waals surface area contributed by atoms with Crippen molar-refractivity contribution in [2.24, 2.45) is 10.7 Å². The number of hydrogen-bond acceptors (Lipinski definition) is 4. The van der Waals surface area contributed by atoms with E-state index in [4.69, 9.17) is 15.2 Å². The molecular weight excluding hydrogens is 304 g/mol. The van der Waals surface area contributed by atoms with Gasteiger partial charge in [0, 0.05) is 24.7 Å². The van der Waals surface area contributed by atoms with Gasteiger partial charge in [0.25, 0.3) is 0 Å². The molecule has 6 heteroatoms. The van der Waals surface area contributed by atoms with Gasteiger partial charge >= 0.3 is 0 Å². The van der Waals surface area contributed by atoms with Crippen molar-refractivity contribution in [2.75, 3.05) is 44.7 Å². The Morgan fingerprint density at radius 1 is 1.17 bits per heavy atom. The number of rotatable bonds is 8. The summed E-state index contributed by atoms with van der Waals surface area (Å²) < 4.78 is 11.3. The van der Waals surface area contributed by atoms with E-state index in [1.807, 2.05) is 18.2 Å². The van der Waals surface area contributed by atoms with E-state index >= 15 is 0 Å². The summed E-state index contributed by atoms with van der Waals surface area (Å²) in [7, 11) is 0. The summed E-state index contributed by atoms with van der Waals surface area (Å²) in [5.74, 6) is 1.97. The Balaban J connectivity index is 1.77. The molecule has 134 valence electrons. The van der Waals surface area contributed by atoms with Crippen molar-refractivity contribution in [2.45, 2.75) is 33.1 Å². The molecule has 0 atom stereocenters. The summed E-state index contributed by atoms with van der Waals surface area (Å²) in [5.41, 5.74) is 6.83. The maximum Gasteiger partial charge on any atom is 0.193 e. The maximum atomic E-state index is 5.96. The van der Waals surface area contributed by atoms with Crippen molar-refractivity contribution >= 4 is 11.6 Å². The van der Waals surface area contributed by atoms with Gasteiger partial charge in [0.05, 0.1) is 13.2 Å². The lowest BCUT2D eigenvalue weighted by Crippen LogP contribution is -2.24. The Hall–Kier alpha value is -1.95. The third kappa shape index (κ3) is 5.92. The van der Waals surface area contributed by atoms with Crippen molar-refractivity contribution in [3.8, 4) is 11.5 Å². The average molecular weight is 334 g/mol. The number of ether oxygens (including phenoxy) is 2. The zero-order valence-corrected chi connectivity index (χ0v) is 14.9. The molecule has 3 N–H and O–H groups in total. The second-order valence-electron chi connectivity index (χ2n) is 5.84. The van der Waals surface area contributed by atoms with E-state index in [0.717, 1.165) is 62.6 Å². The van der Waals surface area contributed by atoms with Crippen LogP contribution in [0.5, 0.6) is 11.5 Å². The number of aliphatic imine (C=N–C) groups is 1. The zero-order valence-electron chi connectivity index (χ0n) is 14.9. The molecule has 24 heavy (non-hydrogen) atoms. The van der Waals surface area contributed by atoms with Gasteiger partial charge in [-0.15, -0.1) is 0 Å². The van der Waals surface area contributed by atoms with E-state index in [9.17, 15) is 0 Å². The largest absolute Gasteiger partial charge is 0.490 e. The molecular formula is C18H30N4O2. The molecule has 1 aliphatic heterocycles. The number of fused-ring (bicyclic) bond motifs is 1. The fourth-order valence-corrected chi connectivity index (χ4v) is 2.62. The fourth-order valence-electron chi connectivity index (χ4n) is 2.62. The highest BCUT2D eigenvalue weighted by Crippen LogP contribution is 2.32. The van der Waals surface area contributed by atoms with Gasteiger partial charge in [-0.1, -0.05) is 13.8 Å². The first-order valence-corrected chi connectivity index (χ1v) is 8.92. The molecule has 1 aromatic carbocycles. The minimum absolute atomic E-state index is 0.437. The smallest absolute Gasteiger partial charge is 0.193 e. The number of guanidine groups is 1. The van der Waals surface area contributed by atoms with Crippen molar-refractivity contribution < 1.29 is 9.47 Å². The molecule has 1 heterocycles. The Labute approximate surface area is 145 Å². The van der Waals surface area contributed by atoms with Crippen molar-refractivity contribution in [3.63, 3.8) is 0 Å². The molecule has 1 aliphatic rings. The topological polar surface area (TPSA) is 72.1 Å². The van der Waals surface area contributed by atoms with Crippen LogP contribution in [0.15, 0.2) is 23.2 Å². The molecule has 0 aliphatic carbocycles. The van der Waals surface area contributed by atoms with Crippen molar-refractivity contribution in [1.29, 1.82) is 0 Å². The van der Waals surface area contributed by atoms with Gasteiger partial charge in [0.1, 0.15) is 0 Å². The minimum Gasteiger partial charge on any atom is -0.490 e. The van der Waals surface area contributed by atoms with Crippen LogP contribution >= 0.6 is 0 Å². The molecule has 6 nitrogen and oxygen atoms in total. The molecule has 0 amide bonds. The van der Waals surface area contributed by atoms with Crippen molar-refractivity contribution in [3.05, 3.63) is 18.2 Å². The predicted molar refractivity (Wildman–Crippen MR) is 99.2 cm³/mol. The van der Waals surface area contributed by atoms with Crippen LogP contribution in [0, 0.1) is 0 Å². The van der Waals surface area contributed by atoms with Crippen molar-refractivity contribution in [1.82, 2.24) is 4.90 Å². The number of nitrogens with zero attached hydrogens (tertiary/aromatic N) is 2. The number of anilines is 1. The van der Waals surface area contributed by atoms with Crippen LogP contribution in [0.4, 0.5) is 5.69 Å². The quantitative estimate of drug-likeness (QED) is 0.434. The van der Waals surface area contributed by atoms with Crippen LogP contribution in [0.3, 0.4) is 0 Å². The number of unbranched alkanes of at least 4 members (excludes halogenated alkanes) is 1. The van der Waals surface area contributed by atoms with Crippen LogP contribution in [0.1, 0.15) is 33.1 Å². The van der Waals surface area contributed by atoms with E-state index in [0.29, 0.717) is 19.2 Å². The molecule has 0 fully saturated rings. The first kappa shape index (κ1) is 18.4. The molecule has 0 saturated heterocycles. The number of nitrogens with two attached hydrogens (primary N) is 1. The van der Waals surface area contributed by atoms with E-state index in [1.54, 1.807) is 0 Å². The van der Waals surface area contributed by atoms with Crippen LogP contribution < -0.4 is 20.5 Å². The molecule has 0 spiro atoms. The zero-order chi connectivity index (χ0) is 17.2. The van der Waals surface area contributed by atoms with Crippen LogP contribution in [0.2, 0.25) is 0 Å². The second kappa shape index (κ2) is 10.0. The second-order valence-corrected chi connectivity index (χ2v) is 5.84. The maximum absolute atomic E-state index is 5.96. The Morgan fingerprint density at radius 3 is 2.67 bits per heavy atom. The van der Waals surface area contributed by atoms with Gasteiger partial charge in [0.2, 0.25) is 0 Å². The SMILES string of the molecule is CCN(CC)CCCCN=C(N)Nc1ccc2c(c1)OCCCO2. The van der Waals surface area contributed by atoms with Gasteiger partial charge in [-0.25, -0.2) is 0 Å². The predicted octanol–water partition coefficient (Wildman–Crippen LogP) is 2.70. The molecule has 0 radical (unpaired) electrons. The third-order valence-corrected chi connectivity index (χ3v) is 4.08. The molecule has 0 bridgehead atoms. The first-order valence-electron chi connectivity index (χ1n) is 8.92. The van der Waals surface area contributed by atoms with Crippen LogP contribution in [-0.2, 0) is 0 Å². The summed E-state index contributed by atoms with van der Waals surface area (Å²) in [6.07, 6.45) is 3.08. The van der Waals surface area contributed by atoms with Gasteiger partial charge in [-0.3, -0.25) is 4.99 Å². The van der Waals surface area contributed by atoms with Crippen LogP contribution in [-0.4, -0.2) is 50.3 Å². The highest BCUT2D eigenvalue weighted by molar-refractivity contribution is 5.92. The normalized spacial score (nSPS) is 14.5. The standard InChI is InChI=1S/C18H30N4O2/c1-3-22(4-2)11-6-5-10-20-18(19)21-15-8-9-16-17(14-15)24-13-7-12-23-16/h8-9,14H,3-7,10-13H2,1-2H3,(H3,19,20,21). The fraction of sp³-hybridized carbons (Fsp3) is 0.611. The summed E-state index contributed by atoms with van der Waals surface area (Å²) in [5, 5.41) is 3.12. The molecule has 1 aromatic rings. The number of benzene rings is 1. The van der Waals surface area contributed by atoms with E-state index in [1.165, 1.54) is 0 Å². The highest BCUT2D eigenvalue weighted by Gasteiger charge is 2.10. The van der Waals surface area contributed by atoms with Gasteiger partial charge in [-0.2, -0.15) is 0 Å². The minimum atomic E-state index is 0.437. The number of hydrogen-bond donors (Lipinski definition) is 2. The van der Waals surface area contributed by atoms with Gasteiger partial charge < -0.3 is 25.4 Å². The lowest BCUT2D eigenvalue weighted by atomic mass is 10.2. The monoisotopic (exact) mass is 334 g/mol. The molecule has 0 unspecified atom stereocenters. The Morgan fingerprint density at radius 2 is 1.92 bits per heavy atom. The van der Waals surface area contributed by atoms with Crippen LogP contribution in [0.25, 0.3) is 0 Å². The highest BCUT2D eigenvalue weighted by atomic mass is 16.5. The lowest BCUT2D eigenvalue weighted by Gasteiger charge is -2.17. The summed E-state index contributed by atoms with van der Waals surface area (Å²) in [4.78, 5) is 6.81. The van der Waals surface area contributed by atoms with E-state index < -0.39 is 0 Å². The molecule has 2 rings (SSSR count). The summed E-state index contributed by atoms with van der Waals surface area (Å²) in [6, 6.07) is 5.74. The Kier molecular flexibility index (Phi) is 7.68. The first-order chi connectivity index (χ1) is 11.7. The third-order valence-electron chi connectivity index (χ3n) is 4.08. The van der Waals surface area contributed by atoms with E-state index in [2.05, 4.69) is 29.1 Å². The number of nitrogens with one attached hydrogen (secondary N) is 1. The summed E-state index contributed by atoms with van der Waals surface area (Å²) >= 11 is 0. The Bertz CT molecular complexity index is 530. The molecule has 0 saturated carbocycles.